The van der Waals surface area contributed by atoms with Crippen LogP contribution in [0.15, 0.2) is 158 Å². The van der Waals surface area contributed by atoms with E-state index in [1.54, 1.807) is 0 Å². The Bertz CT molecular complexity index is 1900. The fourth-order valence-corrected chi connectivity index (χ4v) is 5.53. The SMILES string of the molecule is Cc1ccc(-c2cc(-c3cccc(-c4cc(-c5ccccc5)nc(-c5ccc(C)cc5)c4)c3)cc(-c3ccccc3)n2)cc1. The molecule has 210 valence electrons. The number of rotatable bonds is 6. The summed E-state index contributed by atoms with van der Waals surface area (Å²) in [5, 5.41) is 0. The van der Waals surface area contributed by atoms with Crippen molar-refractivity contribution in [3.63, 3.8) is 0 Å². The van der Waals surface area contributed by atoms with Gasteiger partial charge < -0.3 is 0 Å². The Morgan fingerprint density at radius 1 is 0.273 bits per heavy atom. The molecule has 2 heteroatoms. The van der Waals surface area contributed by atoms with Gasteiger partial charge >= 0.3 is 0 Å². The summed E-state index contributed by atoms with van der Waals surface area (Å²) in [4.78, 5) is 10.2. The summed E-state index contributed by atoms with van der Waals surface area (Å²) in [6.07, 6.45) is 0. The maximum absolute atomic E-state index is 5.10. The highest BCUT2D eigenvalue weighted by molar-refractivity contribution is 5.82. The summed E-state index contributed by atoms with van der Waals surface area (Å²) in [6, 6.07) is 55.6. The van der Waals surface area contributed by atoms with Gasteiger partial charge in [-0.1, -0.05) is 139 Å². The Morgan fingerprint density at radius 2 is 0.591 bits per heavy atom. The number of hydrogen-bond acceptors (Lipinski definition) is 2. The molecule has 0 unspecified atom stereocenters. The second-order valence-electron chi connectivity index (χ2n) is 11.3. The lowest BCUT2D eigenvalue weighted by atomic mass is 9.95. The second kappa shape index (κ2) is 11.9. The summed E-state index contributed by atoms with van der Waals surface area (Å²) in [5.41, 5.74) is 15.3. The lowest BCUT2D eigenvalue weighted by molar-refractivity contribution is 1.31. The highest BCUT2D eigenvalue weighted by Crippen LogP contribution is 2.35. The van der Waals surface area contributed by atoms with Crippen LogP contribution in [0.1, 0.15) is 11.1 Å². The van der Waals surface area contributed by atoms with Gasteiger partial charge in [0, 0.05) is 22.3 Å². The molecule has 0 aliphatic rings. The van der Waals surface area contributed by atoms with Gasteiger partial charge in [-0.15, -0.1) is 0 Å². The molecule has 0 saturated carbocycles. The summed E-state index contributed by atoms with van der Waals surface area (Å²) in [5.74, 6) is 0. The maximum atomic E-state index is 5.10. The van der Waals surface area contributed by atoms with Crippen LogP contribution in [0.3, 0.4) is 0 Å². The molecule has 2 nitrogen and oxygen atoms in total. The van der Waals surface area contributed by atoms with E-state index in [4.69, 9.17) is 9.97 Å². The molecule has 0 bridgehead atoms. The van der Waals surface area contributed by atoms with Gasteiger partial charge in [0.05, 0.1) is 22.8 Å². The molecule has 2 heterocycles. The van der Waals surface area contributed by atoms with E-state index in [-0.39, 0.29) is 0 Å². The predicted octanol–water partition coefficient (Wildman–Crippen LogP) is 11.1. The van der Waals surface area contributed by atoms with Crippen molar-refractivity contribution >= 4 is 0 Å². The quantitative estimate of drug-likeness (QED) is 0.201. The third kappa shape index (κ3) is 5.84. The van der Waals surface area contributed by atoms with Crippen LogP contribution in [0.2, 0.25) is 0 Å². The predicted molar refractivity (Wildman–Crippen MR) is 184 cm³/mol. The van der Waals surface area contributed by atoms with Crippen LogP contribution in [0, 0.1) is 13.8 Å². The number of hydrogen-bond donors (Lipinski definition) is 0. The van der Waals surface area contributed by atoms with E-state index < -0.39 is 0 Å². The Morgan fingerprint density at radius 3 is 0.955 bits per heavy atom. The van der Waals surface area contributed by atoms with E-state index in [0.717, 1.165) is 67.3 Å². The van der Waals surface area contributed by atoms with Crippen molar-refractivity contribution in [1.82, 2.24) is 9.97 Å². The van der Waals surface area contributed by atoms with Crippen LogP contribution in [0.25, 0.3) is 67.3 Å². The van der Waals surface area contributed by atoms with Crippen LogP contribution in [0.5, 0.6) is 0 Å². The molecule has 7 rings (SSSR count). The molecular formula is C42H32N2. The van der Waals surface area contributed by atoms with E-state index in [1.807, 2.05) is 12.1 Å². The van der Waals surface area contributed by atoms with Gasteiger partial charge in [0.15, 0.2) is 0 Å². The second-order valence-corrected chi connectivity index (χ2v) is 11.3. The molecule has 7 aromatic rings. The van der Waals surface area contributed by atoms with Crippen molar-refractivity contribution in [3.8, 4) is 67.3 Å². The van der Waals surface area contributed by atoms with Gasteiger partial charge in [0.1, 0.15) is 0 Å². The molecule has 0 saturated heterocycles. The van der Waals surface area contributed by atoms with Crippen molar-refractivity contribution < 1.29 is 0 Å². The van der Waals surface area contributed by atoms with Crippen molar-refractivity contribution in [2.45, 2.75) is 13.8 Å². The smallest absolute Gasteiger partial charge is 0.0715 e. The lowest BCUT2D eigenvalue weighted by Crippen LogP contribution is -1.93. The topological polar surface area (TPSA) is 25.8 Å². The molecule has 0 radical (unpaired) electrons. The Balaban J connectivity index is 1.37. The Kier molecular flexibility index (Phi) is 7.40. The number of aromatic nitrogens is 2. The lowest BCUT2D eigenvalue weighted by Gasteiger charge is -2.13. The summed E-state index contributed by atoms with van der Waals surface area (Å²) < 4.78 is 0. The number of aryl methyl sites for hydroxylation is 2. The van der Waals surface area contributed by atoms with E-state index >= 15 is 0 Å². The van der Waals surface area contributed by atoms with Crippen molar-refractivity contribution in [2.24, 2.45) is 0 Å². The largest absolute Gasteiger partial charge is 0.248 e. The first kappa shape index (κ1) is 27.2. The first-order valence-corrected chi connectivity index (χ1v) is 15.0. The average Bonchev–Trinajstić information content (AvgIpc) is 3.09. The number of pyridine rings is 2. The molecule has 0 aliphatic carbocycles. The minimum absolute atomic E-state index is 0.959. The molecule has 2 aromatic heterocycles. The first-order valence-electron chi connectivity index (χ1n) is 15.0. The van der Waals surface area contributed by atoms with Crippen LogP contribution in [-0.2, 0) is 0 Å². The highest BCUT2D eigenvalue weighted by atomic mass is 14.7. The van der Waals surface area contributed by atoms with E-state index in [0.29, 0.717) is 0 Å². The van der Waals surface area contributed by atoms with Gasteiger partial charge in [0.2, 0.25) is 0 Å². The molecule has 0 spiro atoms. The van der Waals surface area contributed by atoms with Crippen LogP contribution in [0.4, 0.5) is 0 Å². The molecule has 0 amide bonds. The zero-order chi connectivity index (χ0) is 29.9. The molecule has 44 heavy (non-hydrogen) atoms. The molecule has 0 fully saturated rings. The van der Waals surface area contributed by atoms with Crippen LogP contribution >= 0.6 is 0 Å². The molecule has 0 aliphatic heterocycles. The van der Waals surface area contributed by atoms with Gasteiger partial charge in [-0.3, -0.25) is 0 Å². The Hall–Kier alpha value is -5.60. The van der Waals surface area contributed by atoms with Gasteiger partial charge in [-0.05, 0) is 66.4 Å². The molecule has 0 atom stereocenters. The molecule has 5 aromatic carbocycles. The Labute approximate surface area is 259 Å². The first-order chi connectivity index (χ1) is 21.6. The van der Waals surface area contributed by atoms with E-state index in [9.17, 15) is 0 Å². The third-order valence-electron chi connectivity index (χ3n) is 8.01. The van der Waals surface area contributed by atoms with Crippen molar-refractivity contribution in [2.75, 3.05) is 0 Å². The zero-order valence-electron chi connectivity index (χ0n) is 24.9. The van der Waals surface area contributed by atoms with Gasteiger partial charge in [-0.2, -0.15) is 0 Å². The maximum Gasteiger partial charge on any atom is 0.0715 e. The summed E-state index contributed by atoms with van der Waals surface area (Å²) in [7, 11) is 0. The fourth-order valence-electron chi connectivity index (χ4n) is 5.53. The summed E-state index contributed by atoms with van der Waals surface area (Å²) in [6.45, 7) is 4.22. The van der Waals surface area contributed by atoms with Crippen molar-refractivity contribution in [1.29, 1.82) is 0 Å². The minimum Gasteiger partial charge on any atom is -0.248 e. The monoisotopic (exact) mass is 564 g/mol. The highest BCUT2D eigenvalue weighted by Gasteiger charge is 2.12. The fraction of sp³-hybridized carbons (Fsp3) is 0.0476. The standard InChI is InChI=1S/C42H32N2/c1-29-16-20-33(21-17-29)41-27-37(25-39(43-41)31-10-5-3-6-11-31)35-14-9-15-36(24-35)38-26-40(32-12-7-4-8-13-32)44-42(28-38)34-22-18-30(2)19-23-34/h3-28H,1-2H3. The minimum atomic E-state index is 0.959. The third-order valence-corrected chi connectivity index (χ3v) is 8.01. The number of benzene rings is 5. The van der Waals surface area contributed by atoms with Crippen LogP contribution < -0.4 is 0 Å². The average molecular weight is 565 g/mol. The molecule has 0 N–H and O–H groups in total. The van der Waals surface area contributed by atoms with Crippen molar-refractivity contribution in [3.05, 3.63) is 169 Å². The normalized spacial score (nSPS) is 11.0. The molecular weight excluding hydrogens is 532 g/mol. The zero-order valence-corrected chi connectivity index (χ0v) is 24.9. The number of nitrogens with zero attached hydrogens (tertiary/aromatic N) is 2. The van der Waals surface area contributed by atoms with Gasteiger partial charge in [-0.25, -0.2) is 9.97 Å². The van der Waals surface area contributed by atoms with E-state index in [1.165, 1.54) is 11.1 Å². The van der Waals surface area contributed by atoms with Gasteiger partial charge in [0.25, 0.3) is 0 Å². The van der Waals surface area contributed by atoms with Crippen LogP contribution in [-0.4, -0.2) is 9.97 Å². The van der Waals surface area contributed by atoms with E-state index in [2.05, 4.69) is 159 Å². The summed E-state index contributed by atoms with van der Waals surface area (Å²) >= 11 is 0.